The molecule has 0 bridgehead atoms. The number of ether oxygens (including phenoxy) is 3. The van der Waals surface area contributed by atoms with Crippen LogP contribution in [0, 0.1) is 16.7 Å². The van der Waals surface area contributed by atoms with Crippen LogP contribution in [0.4, 0.5) is 0 Å². The first-order valence-corrected chi connectivity index (χ1v) is 12.1. The topological polar surface area (TPSA) is 105 Å². The number of fused-ring (bicyclic) bond motifs is 2. The summed E-state index contributed by atoms with van der Waals surface area (Å²) in [6.07, 6.45) is 3.21. The zero-order valence-electron chi connectivity index (χ0n) is 20.1. The lowest BCUT2D eigenvalue weighted by atomic mass is 9.46. The molecule has 32 heavy (non-hydrogen) atoms. The Morgan fingerprint density at radius 3 is 2.53 bits per heavy atom. The molecule has 0 amide bonds. The van der Waals surface area contributed by atoms with E-state index in [9.17, 15) is 20.1 Å². The van der Waals surface area contributed by atoms with Crippen molar-refractivity contribution in [3.63, 3.8) is 0 Å². The summed E-state index contributed by atoms with van der Waals surface area (Å²) in [6.45, 7) is 11.1. The van der Waals surface area contributed by atoms with E-state index in [4.69, 9.17) is 14.2 Å². The average molecular weight is 453 g/mol. The van der Waals surface area contributed by atoms with Crippen molar-refractivity contribution in [3.8, 4) is 0 Å². The fraction of sp³-hybridized carbons (Fsp3) is 0.880. The first-order chi connectivity index (χ1) is 14.8. The molecule has 182 valence electrons. The normalized spacial score (nSPS) is 48.2. The van der Waals surface area contributed by atoms with E-state index in [1.54, 1.807) is 0 Å². The average Bonchev–Trinajstić information content (AvgIpc) is 3.05. The minimum absolute atomic E-state index is 0.0121. The molecule has 2 saturated heterocycles. The van der Waals surface area contributed by atoms with E-state index in [0.29, 0.717) is 5.92 Å². The van der Waals surface area contributed by atoms with Gasteiger partial charge in [-0.15, -0.1) is 0 Å². The van der Waals surface area contributed by atoms with Gasteiger partial charge in [0, 0.05) is 5.41 Å². The van der Waals surface area contributed by atoms with Gasteiger partial charge in [-0.3, -0.25) is 4.79 Å². The van der Waals surface area contributed by atoms with Gasteiger partial charge >= 0.3 is 5.97 Å². The third kappa shape index (κ3) is 3.74. The number of hydrogen-bond acceptors (Lipinski definition) is 7. The minimum atomic E-state index is -1.49. The highest BCUT2D eigenvalue weighted by atomic mass is 16.7. The zero-order chi connectivity index (χ0) is 23.5. The number of hydrogen-bond donors (Lipinski definition) is 3. The van der Waals surface area contributed by atoms with Gasteiger partial charge < -0.3 is 29.5 Å². The van der Waals surface area contributed by atoms with Crippen molar-refractivity contribution in [1.82, 2.24) is 0 Å². The highest BCUT2D eigenvalue weighted by molar-refractivity contribution is 5.71. The summed E-state index contributed by atoms with van der Waals surface area (Å²) in [7, 11) is 0. The standard InChI is InChI=1S/C25H40O7/c1-15-7-8-17-22(2,3)9-6-10-24(17,5)25(15)12-11-23(4,32-25)13-18(27)31-21-20(29)19(28)16(26)14-30-21/h7,16-17,19-21,26,28-29H,6,8-14H2,1-5H3. The van der Waals surface area contributed by atoms with Gasteiger partial charge in [0.2, 0.25) is 6.29 Å². The summed E-state index contributed by atoms with van der Waals surface area (Å²) in [4.78, 5) is 12.8. The van der Waals surface area contributed by atoms with Crippen LogP contribution in [0.2, 0.25) is 0 Å². The molecule has 4 rings (SSSR count). The van der Waals surface area contributed by atoms with Gasteiger partial charge in [-0.1, -0.05) is 33.3 Å². The van der Waals surface area contributed by atoms with Crippen LogP contribution in [-0.4, -0.2) is 63.7 Å². The molecule has 4 aliphatic rings. The van der Waals surface area contributed by atoms with Gasteiger partial charge in [-0.2, -0.15) is 0 Å². The van der Waals surface area contributed by atoms with Gasteiger partial charge in [0.1, 0.15) is 18.3 Å². The van der Waals surface area contributed by atoms with Crippen LogP contribution in [-0.2, 0) is 19.0 Å². The first kappa shape index (κ1) is 24.1. The number of rotatable bonds is 3. The predicted octanol–water partition coefficient (Wildman–Crippen LogP) is 2.85. The monoisotopic (exact) mass is 452 g/mol. The number of aliphatic hydroxyl groups excluding tert-OH is 3. The van der Waals surface area contributed by atoms with Crippen LogP contribution in [0.1, 0.15) is 79.6 Å². The van der Waals surface area contributed by atoms with E-state index in [-0.39, 0.29) is 29.5 Å². The maximum absolute atomic E-state index is 12.8. The third-order valence-electron chi connectivity index (χ3n) is 9.10. The van der Waals surface area contributed by atoms with Crippen LogP contribution >= 0.6 is 0 Å². The molecule has 0 aromatic carbocycles. The Balaban J connectivity index is 1.49. The van der Waals surface area contributed by atoms with E-state index in [2.05, 4.69) is 33.8 Å². The maximum Gasteiger partial charge on any atom is 0.311 e. The van der Waals surface area contributed by atoms with Crippen molar-refractivity contribution in [1.29, 1.82) is 0 Å². The summed E-state index contributed by atoms with van der Waals surface area (Å²) in [6, 6.07) is 0. The molecule has 7 heteroatoms. The van der Waals surface area contributed by atoms with Crippen LogP contribution in [0.5, 0.6) is 0 Å². The third-order valence-corrected chi connectivity index (χ3v) is 9.10. The maximum atomic E-state index is 12.8. The molecule has 0 aromatic rings. The van der Waals surface area contributed by atoms with Crippen LogP contribution in [0.3, 0.4) is 0 Å². The molecule has 2 aliphatic carbocycles. The highest BCUT2D eigenvalue weighted by Gasteiger charge is 2.64. The Labute approximate surface area is 191 Å². The minimum Gasteiger partial charge on any atom is -0.433 e. The van der Waals surface area contributed by atoms with Crippen LogP contribution < -0.4 is 0 Å². The van der Waals surface area contributed by atoms with E-state index in [0.717, 1.165) is 25.7 Å². The number of allylic oxidation sites excluding steroid dienone is 1. The molecule has 1 spiro atoms. The summed E-state index contributed by atoms with van der Waals surface area (Å²) in [5.74, 6) is -0.0132. The molecule has 8 unspecified atom stereocenters. The van der Waals surface area contributed by atoms with E-state index in [1.807, 2.05) is 6.92 Å². The second-order valence-electron chi connectivity index (χ2n) is 11.7. The molecule has 8 atom stereocenters. The summed E-state index contributed by atoms with van der Waals surface area (Å²) < 4.78 is 17.5. The van der Waals surface area contributed by atoms with Gasteiger partial charge in [0.05, 0.1) is 24.2 Å². The van der Waals surface area contributed by atoms with Crippen molar-refractivity contribution in [3.05, 3.63) is 11.6 Å². The van der Waals surface area contributed by atoms with Crippen molar-refractivity contribution < 1.29 is 34.3 Å². The summed E-state index contributed by atoms with van der Waals surface area (Å²) >= 11 is 0. The number of aliphatic hydroxyl groups is 3. The molecule has 3 N–H and O–H groups in total. The Hall–Kier alpha value is -0.990. The Morgan fingerprint density at radius 2 is 1.81 bits per heavy atom. The molecule has 1 saturated carbocycles. The number of carbonyl (C=O) groups excluding carboxylic acids is 1. The molecular formula is C25H40O7. The lowest BCUT2D eigenvalue weighted by Crippen LogP contribution is -2.59. The van der Waals surface area contributed by atoms with E-state index >= 15 is 0 Å². The Kier molecular flexibility index (Phi) is 6.07. The summed E-state index contributed by atoms with van der Waals surface area (Å²) in [5.41, 5.74) is 0.464. The quantitative estimate of drug-likeness (QED) is 0.447. The molecule has 0 aromatic heterocycles. The molecule has 2 aliphatic heterocycles. The fourth-order valence-electron chi connectivity index (χ4n) is 7.22. The lowest BCUT2D eigenvalue weighted by molar-refractivity contribution is -0.265. The van der Waals surface area contributed by atoms with Crippen molar-refractivity contribution in [2.45, 2.75) is 115 Å². The number of carbonyl (C=O) groups is 1. The van der Waals surface area contributed by atoms with Gasteiger partial charge in [0.15, 0.2) is 0 Å². The second-order valence-corrected chi connectivity index (χ2v) is 11.7. The highest BCUT2D eigenvalue weighted by Crippen LogP contribution is 2.66. The first-order valence-electron chi connectivity index (χ1n) is 12.1. The van der Waals surface area contributed by atoms with Crippen molar-refractivity contribution >= 4 is 5.97 Å². The SMILES string of the molecule is CC1=CCC2C(C)(C)CCCC2(C)C12CCC(C)(CC(=O)OC1OCC(O)C(O)C1O)O2. The van der Waals surface area contributed by atoms with E-state index < -0.39 is 36.2 Å². The van der Waals surface area contributed by atoms with Crippen LogP contribution in [0.15, 0.2) is 11.6 Å². The van der Waals surface area contributed by atoms with Gasteiger partial charge in [0.25, 0.3) is 0 Å². The number of esters is 1. The van der Waals surface area contributed by atoms with E-state index in [1.165, 1.54) is 18.4 Å². The Morgan fingerprint density at radius 1 is 1.09 bits per heavy atom. The second kappa shape index (κ2) is 8.05. The summed E-state index contributed by atoms with van der Waals surface area (Å²) in [5, 5.41) is 29.5. The molecule has 3 fully saturated rings. The molecular weight excluding hydrogens is 412 g/mol. The lowest BCUT2D eigenvalue weighted by Gasteiger charge is -2.61. The predicted molar refractivity (Wildman–Crippen MR) is 118 cm³/mol. The van der Waals surface area contributed by atoms with Crippen molar-refractivity contribution in [2.75, 3.05) is 6.61 Å². The fourth-order valence-corrected chi connectivity index (χ4v) is 7.22. The molecule has 7 nitrogen and oxygen atoms in total. The zero-order valence-corrected chi connectivity index (χ0v) is 20.1. The smallest absolute Gasteiger partial charge is 0.311 e. The molecule has 2 heterocycles. The largest absolute Gasteiger partial charge is 0.433 e. The van der Waals surface area contributed by atoms with Gasteiger partial charge in [-0.05, 0) is 62.9 Å². The van der Waals surface area contributed by atoms with Crippen molar-refractivity contribution in [2.24, 2.45) is 16.7 Å². The van der Waals surface area contributed by atoms with Gasteiger partial charge in [-0.25, -0.2) is 0 Å². The Bertz CT molecular complexity index is 778. The van der Waals surface area contributed by atoms with Crippen LogP contribution in [0.25, 0.3) is 0 Å². The molecule has 0 radical (unpaired) electrons.